The van der Waals surface area contributed by atoms with E-state index in [2.05, 4.69) is 4.90 Å². The fourth-order valence-electron chi connectivity index (χ4n) is 4.31. The highest BCUT2D eigenvalue weighted by atomic mass is 19.1. The Kier molecular flexibility index (Phi) is 7.51. The van der Waals surface area contributed by atoms with Crippen molar-refractivity contribution in [3.8, 4) is 5.75 Å². The van der Waals surface area contributed by atoms with Gasteiger partial charge in [-0.25, -0.2) is 8.78 Å². The molecule has 0 aromatic heterocycles. The van der Waals surface area contributed by atoms with Crippen LogP contribution in [0.2, 0.25) is 0 Å². The number of hydrogen-bond acceptors (Lipinski definition) is 3. The summed E-state index contributed by atoms with van der Waals surface area (Å²) in [5, 5.41) is 9.43. The summed E-state index contributed by atoms with van der Waals surface area (Å²) in [6.45, 7) is 3.60. The minimum absolute atomic E-state index is 0.286. The number of phenolic OH excluding ortho intramolecular Hbond substituents is 1. The second-order valence-corrected chi connectivity index (χ2v) is 8.53. The Morgan fingerprint density at radius 1 is 0.812 bits per heavy atom. The molecule has 1 saturated heterocycles. The van der Waals surface area contributed by atoms with Crippen LogP contribution in [0.3, 0.4) is 0 Å². The predicted octanol–water partition coefficient (Wildman–Crippen LogP) is 6.08. The van der Waals surface area contributed by atoms with Gasteiger partial charge in [-0.1, -0.05) is 36.4 Å². The van der Waals surface area contributed by atoms with Gasteiger partial charge in [0.1, 0.15) is 23.5 Å². The maximum absolute atomic E-state index is 13.4. The number of phenols is 1. The molecule has 3 aromatic carbocycles. The highest BCUT2D eigenvalue weighted by Crippen LogP contribution is 2.29. The molecule has 32 heavy (non-hydrogen) atoms. The summed E-state index contributed by atoms with van der Waals surface area (Å²) in [7, 11) is 0. The van der Waals surface area contributed by atoms with E-state index in [0.717, 1.165) is 50.0 Å². The van der Waals surface area contributed by atoms with Crippen LogP contribution < -0.4 is 0 Å². The first-order chi connectivity index (χ1) is 15.6. The van der Waals surface area contributed by atoms with Gasteiger partial charge in [-0.3, -0.25) is 4.90 Å². The normalized spacial score (nSPS) is 15.3. The molecule has 0 bridgehead atoms. The van der Waals surface area contributed by atoms with Crippen LogP contribution in [0.15, 0.2) is 72.8 Å². The number of halogens is 2. The zero-order valence-electron chi connectivity index (χ0n) is 18.1. The molecule has 0 radical (unpaired) electrons. The zero-order chi connectivity index (χ0) is 22.3. The Morgan fingerprint density at radius 2 is 1.34 bits per heavy atom. The molecule has 1 N–H and O–H groups in total. The summed E-state index contributed by atoms with van der Waals surface area (Å²) in [5.74, 6) is 0.330. The Hall–Kier alpha value is -2.76. The van der Waals surface area contributed by atoms with Crippen molar-refractivity contribution in [2.75, 3.05) is 19.7 Å². The molecule has 1 heterocycles. The van der Waals surface area contributed by atoms with Crippen LogP contribution in [0, 0.1) is 17.6 Å². The van der Waals surface area contributed by atoms with E-state index in [9.17, 15) is 13.9 Å². The van der Waals surface area contributed by atoms with Gasteiger partial charge in [-0.15, -0.1) is 0 Å². The van der Waals surface area contributed by atoms with Crippen molar-refractivity contribution in [3.63, 3.8) is 0 Å². The number of piperidine rings is 1. The molecule has 0 unspecified atom stereocenters. The molecule has 3 nitrogen and oxygen atoms in total. The van der Waals surface area contributed by atoms with E-state index in [0.29, 0.717) is 18.3 Å². The summed E-state index contributed by atoms with van der Waals surface area (Å²) in [6, 6.07) is 20.0. The third-order valence-electron chi connectivity index (χ3n) is 6.21. The fraction of sp³-hybridized carbons (Fsp3) is 0.333. The first-order valence-corrected chi connectivity index (χ1v) is 11.2. The Bertz CT molecular complexity index is 921. The summed E-state index contributed by atoms with van der Waals surface area (Å²) in [5.41, 5.74) is 2.94. The van der Waals surface area contributed by atoms with Crippen LogP contribution in [0.25, 0.3) is 0 Å². The van der Waals surface area contributed by atoms with Crippen LogP contribution in [-0.2, 0) is 11.3 Å². The van der Waals surface area contributed by atoms with Gasteiger partial charge in [0.2, 0.25) is 0 Å². The van der Waals surface area contributed by atoms with E-state index in [4.69, 9.17) is 4.74 Å². The monoisotopic (exact) mass is 437 g/mol. The van der Waals surface area contributed by atoms with Gasteiger partial charge in [0, 0.05) is 13.2 Å². The summed E-state index contributed by atoms with van der Waals surface area (Å²) >= 11 is 0. The molecule has 168 valence electrons. The number of hydrogen-bond donors (Lipinski definition) is 1. The van der Waals surface area contributed by atoms with Crippen LogP contribution in [0.5, 0.6) is 5.75 Å². The van der Waals surface area contributed by atoms with Gasteiger partial charge in [0.15, 0.2) is 0 Å². The number of aromatic hydroxyl groups is 1. The first-order valence-electron chi connectivity index (χ1n) is 11.2. The lowest BCUT2D eigenvalue weighted by molar-refractivity contribution is 0.0595. The van der Waals surface area contributed by atoms with Crippen molar-refractivity contribution < 1.29 is 18.6 Å². The van der Waals surface area contributed by atoms with Crippen LogP contribution in [0.1, 0.15) is 42.1 Å². The van der Waals surface area contributed by atoms with Crippen molar-refractivity contribution in [1.82, 2.24) is 4.90 Å². The quantitative estimate of drug-likeness (QED) is 0.464. The zero-order valence-corrected chi connectivity index (χ0v) is 18.1. The van der Waals surface area contributed by atoms with Crippen LogP contribution >= 0.6 is 0 Å². The molecule has 1 fully saturated rings. The molecule has 0 saturated carbocycles. The van der Waals surface area contributed by atoms with Gasteiger partial charge in [0.05, 0.1) is 0 Å². The number of nitrogens with zero attached hydrogens (tertiary/aromatic N) is 1. The molecule has 0 spiro atoms. The molecule has 0 atom stereocenters. The molecular weight excluding hydrogens is 408 g/mol. The molecule has 0 aliphatic carbocycles. The first kappa shape index (κ1) is 22.4. The lowest BCUT2D eigenvalue weighted by atomic mass is 9.93. The third-order valence-corrected chi connectivity index (χ3v) is 6.21. The van der Waals surface area contributed by atoms with E-state index in [-0.39, 0.29) is 17.7 Å². The van der Waals surface area contributed by atoms with Gasteiger partial charge < -0.3 is 9.84 Å². The minimum Gasteiger partial charge on any atom is -0.508 e. The minimum atomic E-state index is -0.342. The average Bonchev–Trinajstić information content (AvgIpc) is 2.81. The Balaban J connectivity index is 1.29. The summed E-state index contributed by atoms with van der Waals surface area (Å²) in [4.78, 5) is 2.45. The smallest absolute Gasteiger partial charge is 0.123 e. The highest BCUT2D eigenvalue weighted by molar-refractivity contribution is 5.30. The second kappa shape index (κ2) is 10.7. The van der Waals surface area contributed by atoms with E-state index in [1.165, 1.54) is 29.8 Å². The SMILES string of the molecule is Oc1ccc(CN2CCC(CCOC(c3ccc(F)cc3)c3ccc(F)cc3)CC2)cc1. The van der Waals surface area contributed by atoms with Gasteiger partial charge in [0.25, 0.3) is 0 Å². The van der Waals surface area contributed by atoms with Gasteiger partial charge >= 0.3 is 0 Å². The number of rotatable bonds is 8. The Labute approximate surface area is 188 Å². The van der Waals surface area contributed by atoms with Crippen molar-refractivity contribution in [3.05, 3.63) is 101 Å². The molecule has 0 amide bonds. The maximum atomic E-state index is 13.4. The van der Waals surface area contributed by atoms with Crippen LogP contribution in [0.4, 0.5) is 8.78 Å². The fourth-order valence-corrected chi connectivity index (χ4v) is 4.31. The third kappa shape index (κ3) is 6.15. The molecule has 3 aromatic rings. The van der Waals surface area contributed by atoms with Gasteiger partial charge in [-0.2, -0.15) is 0 Å². The molecule has 1 aliphatic heterocycles. The van der Waals surface area contributed by atoms with E-state index >= 15 is 0 Å². The molecule has 1 aliphatic rings. The van der Waals surface area contributed by atoms with Crippen molar-refractivity contribution in [2.45, 2.75) is 31.9 Å². The summed E-state index contributed by atoms with van der Waals surface area (Å²) in [6.07, 6.45) is 2.87. The van der Waals surface area contributed by atoms with E-state index in [1.807, 2.05) is 12.1 Å². The Morgan fingerprint density at radius 3 is 1.88 bits per heavy atom. The predicted molar refractivity (Wildman–Crippen MR) is 121 cm³/mol. The maximum Gasteiger partial charge on any atom is 0.123 e. The number of likely N-dealkylation sites (tertiary alicyclic amines) is 1. The lowest BCUT2D eigenvalue weighted by Gasteiger charge is -2.32. The number of benzene rings is 3. The van der Waals surface area contributed by atoms with Crippen molar-refractivity contribution in [1.29, 1.82) is 0 Å². The summed E-state index contributed by atoms with van der Waals surface area (Å²) < 4.78 is 33.0. The van der Waals surface area contributed by atoms with Crippen molar-refractivity contribution in [2.24, 2.45) is 5.92 Å². The number of ether oxygens (including phenoxy) is 1. The molecule has 5 heteroatoms. The largest absolute Gasteiger partial charge is 0.508 e. The lowest BCUT2D eigenvalue weighted by Crippen LogP contribution is -2.33. The molecular formula is C27H29F2NO2. The van der Waals surface area contributed by atoms with Crippen molar-refractivity contribution >= 4 is 0 Å². The van der Waals surface area contributed by atoms with E-state index in [1.54, 1.807) is 36.4 Å². The standard InChI is InChI=1S/C27H29F2NO2/c28-24-7-3-22(4-8-24)27(23-5-9-25(29)10-6-23)32-18-15-20-13-16-30(17-14-20)19-21-1-11-26(31)12-2-21/h1-12,20,27,31H,13-19H2. The van der Waals surface area contributed by atoms with Gasteiger partial charge in [-0.05, 0) is 91.4 Å². The van der Waals surface area contributed by atoms with E-state index < -0.39 is 0 Å². The average molecular weight is 438 g/mol. The second-order valence-electron chi connectivity index (χ2n) is 8.53. The molecule has 4 rings (SSSR count). The van der Waals surface area contributed by atoms with Crippen LogP contribution in [-0.4, -0.2) is 29.7 Å². The topological polar surface area (TPSA) is 32.7 Å². The highest BCUT2D eigenvalue weighted by Gasteiger charge is 2.21.